The molecule has 0 spiro atoms. The van der Waals surface area contributed by atoms with Crippen molar-refractivity contribution in [2.24, 2.45) is 0 Å². The average molecular weight is 209 g/mol. The molecule has 0 aliphatic carbocycles. The Balaban J connectivity index is 2.88. The summed E-state index contributed by atoms with van der Waals surface area (Å²) in [5.74, 6) is -3.60. The Morgan fingerprint density at radius 1 is 1.62 bits per heavy atom. The van der Waals surface area contributed by atoms with Gasteiger partial charge in [0, 0.05) is 0 Å². The number of carboxylic acids is 1. The minimum Gasteiger partial charge on any atom is -0.501 e. The van der Waals surface area contributed by atoms with Crippen LogP contribution in [0.2, 0.25) is 0 Å². The van der Waals surface area contributed by atoms with Crippen LogP contribution in [-0.2, 0) is 14.3 Å². The number of carboxylic acid groups (broad SMARTS) is 1. The summed E-state index contributed by atoms with van der Waals surface area (Å²) in [7, 11) is 0. The van der Waals surface area contributed by atoms with Gasteiger partial charge in [0.25, 0.3) is 0 Å². The fourth-order valence-corrected chi connectivity index (χ4v) is 1.03. The number of esters is 1. The first-order chi connectivity index (χ1) is 5.95. The highest BCUT2D eigenvalue weighted by Crippen LogP contribution is 2.26. The molecule has 0 bridgehead atoms. The van der Waals surface area contributed by atoms with Crippen LogP contribution in [0.4, 0.5) is 0 Å². The summed E-state index contributed by atoms with van der Waals surface area (Å²) in [4.78, 5) is 20.8. The van der Waals surface area contributed by atoms with Crippen LogP contribution < -0.4 is 0 Å². The molecule has 0 radical (unpaired) electrons. The van der Waals surface area contributed by atoms with Crippen LogP contribution in [0.5, 0.6) is 0 Å². The predicted octanol–water partition coefficient (Wildman–Crippen LogP) is -0.634. The van der Waals surface area contributed by atoms with Gasteiger partial charge in [-0.25, -0.2) is 9.59 Å². The van der Waals surface area contributed by atoms with Gasteiger partial charge >= 0.3 is 11.9 Å². The Labute approximate surface area is 77.0 Å². The second kappa shape index (κ2) is 3.23. The molecule has 13 heavy (non-hydrogen) atoms. The Morgan fingerprint density at radius 3 is 2.46 bits per heavy atom. The molecule has 1 rings (SSSR count). The third-order valence-electron chi connectivity index (χ3n) is 1.44. The summed E-state index contributed by atoms with van der Waals surface area (Å²) in [6.07, 6.45) is -3.49. The van der Waals surface area contributed by atoms with E-state index >= 15 is 0 Å². The van der Waals surface area contributed by atoms with Crippen molar-refractivity contribution in [3.8, 4) is 0 Å². The number of cyclic esters (lactones) is 1. The maximum absolute atomic E-state index is 10.6. The molecule has 7 heteroatoms. The fourth-order valence-electron chi connectivity index (χ4n) is 0.788. The highest BCUT2D eigenvalue weighted by molar-refractivity contribution is 6.33. The lowest BCUT2D eigenvalue weighted by Gasteiger charge is -2.12. The summed E-state index contributed by atoms with van der Waals surface area (Å²) in [5.41, 5.74) is 0. The van der Waals surface area contributed by atoms with Crippen molar-refractivity contribution in [2.75, 3.05) is 0 Å². The molecule has 0 saturated heterocycles. The second-order valence-corrected chi connectivity index (χ2v) is 2.71. The van der Waals surface area contributed by atoms with E-state index in [1.54, 1.807) is 0 Å². The second-order valence-electron chi connectivity index (χ2n) is 2.31. The third-order valence-corrected chi connectivity index (χ3v) is 1.84. The van der Waals surface area contributed by atoms with Gasteiger partial charge in [0.1, 0.15) is 5.03 Å². The van der Waals surface area contributed by atoms with Crippen LogP contribution in [0.3, 0.4) is 0 Å². The molecule has 2 unspecified atom stereocenters. The van der Waals surface area contributed by atoms with Crippen molar-refractivity contribution in [1.29, 1.82) is 0 Å². The maximum atomic E-state index is 10.6. The van der Waals surface area contributed by atoms with Crippen molar-refractivity contribution in [3.05, 3.63) is 10.8 Å². The number of carbonyl (C=O) groups is 2. The Hall–Kier alpha value is -1.27. The minimum absolute atomic E-state index is 0.500. The molecule has 0 aromatic carbocycles. The van der Waals surface area contributed by atoms with Gasteiger partial charge in [0.2, 0.25) is 5.76 Å². The Bertz CT molecular complexity index is 295. The van der Waals surface area contributed by atoms with Gasteiger partial charge in [0.05, 0.1) is 0 Å². The van der Waals surface area contributed by atoms with Crippen molar-refractivity contribution >= 4 is 23.5 Å². The number of rotatable bonds is 2. The van der Waals surface area contributed by atoms with Crippen LogP contribution in [0.15, 0.2) is 10.8 Å². The van der Waals surface area contributed by atoms with E-state index < -0.39 is 34.9 Å². The topological polar surface area (TPSA) is 104 Å². The monoisotopic (exact) mass is 208 g/mol. The molecule has 6 nitrogen and oxygen atoms in total. The molecular weight excluding hydrogens is 204 g/mol. The Morgan fingerprint density at radius 2 is 2.15 bits per heavy atom. The van der Waals surface area contributed by atoms with Gasteiger partial charge < -0.3 is 20.1 Å². The largest absolute Gasteiger partial charge is 0.501 e. The van der Waals surface area contributed by atoms with Crippen LogP contribution >= 0.6 is 11.6 Å². The highest BCUT2D eigenvalue weighted by Gasteiger charge is 2.41. The molecule has 2 atom stereocenters. The molecule has 1 aliphatic rings. The van der Waals surface area contributed by atoms with Gasteiger partial charge in [-0.1, -0.05) is 11.6 Å². The Kier molecular flexibility index (Phi) is 2.44. The first-order valence-electron chi connectivity index (χ1n) is 3.15. The molecule has 0 fully saturated rings. The first kappa shape index (κ1) is 9.82. The smallest absolute Gasteiger partial charge is 0.375 e. The predicted molar refractivity (Wildman–Crippen MR) is 39.0 cm³/mol. The molecule has 0 aromatic rings. The number of aliphatic hydroxyl groups excluding tert-OH is 2. The molecule has 72 valence electrons. The fraction of sp³-hybridized carbons (Fsp3) is 0.333. The van der Waals surface area contributed by atoms with Crippen LogP contribution in [0.25, 0.3) is 0 Å². The molecule has 0 aromatic heterocycles. The average Bonchev–Trinajstić information content (AvgIpc) is 2.31. The number of aliphatic hydroxyl groups is 2. The lowest BCUT2D eigenvalue weighted by molar-refractivity contribution is -0.158. The standard InChI is InChI=1S/C6H5ClO6/c7-1-2(8)6(12)13-4(1)3(9)5(10)11/h3-4,8-9H,(H,10,11). The van der Waals surface area contributed by atoms with Gasteiger partial charge in [-0.3, -0.25) is 0 Å². The van der Waals surface area contributed by atoms with Gasteiger partial charge in [-0.2, -0.15) is 0 Å². The molecule has 0 saturated carbocycles. The number of hydrogen-bond donors (Lipinski definition) is 3. The van der Waals surface area contributed by atoms with Crippen LogP contribution in [-0.4, -0.2) is 39.5 Å². The summed E-state index contributed by atoms with van der Waals surface area (Å²) >= 11 is 5.32. The van der Waals surface area contributed by atoms with E-state index in [0.717, 1.165) is 0 Å². The van der Waals surface area contributed by atoms with E-state index in [1.807, 2.05) is 0 Å². The summed E-state index contributed by atoms with van der Waals surface area (Å²) in [6.45, 7) is 0. The third kappa shape index (κ3) is 1.58. The number of halogens is 1. The number of hydrogen-bond acceptors (Lipinski definition) is 5. The number of aliphatic carboxylic acids is 1. The summed E-state index contributed by atoms with van der Waals surface area (Å²) < 4.78 is 4.28. The van der Waals surface area contributed by atoms with Gasteiger partial charge in [0.15, 0.2) is 12.2 Å². The van der Waals surface area contributed by atoms with Crippen molar-refractivity contribution in [1.82, 2.24) is 0 Å². The molecule has 1 heterocycles. The molecule has 3 N–H and O–H groups in total. The lowest BCUT2D eigenvalue weighted by Crippen LogP contribution is -2.34. The van der Waals surface area contributed by atoms with Crippen molar-refractivity contribution in [3.63, 3.8) is 0 Å². The van der Waals surface area contributed by atoms with Crippen LogP contribution in [0.1, 0.15) is 0 Å². The molecular formula is C6H5ClO6. The zero-order valence-corrected chi connectivity index (χ0v) is 6.85. The van der Waals surface area contributed by atoms with E-state index in [0.29, 0.717) is 0 Å². The van der Waals surface area contributed by atoms with E-state index in [-0.39, 0.29) is 0 Å². The van der Waals surface area contributed by atoms with Gasteiger partial charge in [-0.05, 0) is 0 Å². The van der Waals surface area contributed by atoms with E-state index in [9.17, 15) is 9.59 Å². The molecule has 0 amide bonds. The number of carbonyl (C=O) groups excluding carboxylic acids is 1. The highest BCUT2D eigenvalue weighted by atomic mass is 35.5. The van der Waals surface area contributed by atoms with Crippen molar-refractivity contribution in [2.45, 2.75) is 12.2 Å². The van der Waals surface area contributed by atoms with Crippen LogP contribution in [0, 0.1) is 0 Å². The van der Waals surface area contributed by atoms with Crippen molar-refractivity contribution < 1.29 is 29.6 Å². The normalized spacial score (nSPS) is 24.5. The minimum atomic E-state index is -1.97. The summed E-state index contributed by atoms with van der Waals surface area (Å²) in [5, 5.41) is 25.6. The SMILES string of the molecule is O=C1OC(C(O)C(=O)O)C(Cl)=C1O. The quantitative estimate of drug-likeness (QED) is 0.522. The lowest BCUT2D eigenvalue weighted by atomic mass is 10.2. The zero-order valence-electron chi connectivity index (χ0n) is 6.10. The summed E-state index contributed by atoms with van der Waals surface area (Å²) in [6, 6.07) is 0. The molecule has 1 aliphatic heterocycles. The van der Waals surface area contributed by atoms with Gasteiger partial charge in [-0.15, -0.1) is 0 Å². The number of ether oxygens (including phenoxy) is 1. The zero-order chi connectivity index (χ0) is 10.2. The maximum Gasteiger partial charge on any atom is 0.375 e. The first-order valence-corrected chi connectivity index (χ1v) is 3.53. The van der Waals surface area contributed by atoms with E-state index in [2.05, 4.69) is 4.74 Å². The van der Waals surface area contributed by atoms with E-state index in [1.165, 1.54) is 0 Å². The van der Waals surface area contributed by atoms with E-state index in [4.69, 9.17) is 26.9 Å².